The number of amides is 1. The predicted molar refractivity (Wildman–Crippen MR) is 147 cm³/mol. The third-order valence-corrected chi connectivity index (χ3v) is 6.65. The van der Waals surface area contributed by atoms with Crippen molar-refractivity contribution in [3.8, 4) is 0 Å². The quantitative estimate of drug-likeness (QED) is 0.296. The van der Waals surface area contributed by atoms with Crippen LogP contribution in [0.5, 0.6) is 0 Å². The summed E-state index contributed by atoms with van der Waals surface area (Å²) in [4.78, 5) is 13.0. The first-order valence-electron chi connectivity index (χ1n) is 12.5. The lowest BCUT2D eigenvalue weighted by atomic mass is 9.97. The molecule has 37 heavy (non-hydrogen) atoms. The molecule has 0 saturated carbocycles. The van der Waals surface area contributed by atoms with Gasteiger partial charge in [-0.15, -0.1) is 10.2 Å². The van der Waals surface area contributed by atoms with Crippen molar-refractivity contribution >= 4 is 28.5 Å². The highest BCUT2D eigenvalue weighted by molar-refractivity contribution is 5.95. The summed E-state index contributed by atoms with van der Waals surface area (Å²) in [5.74, 6) is 0.318. The average Bonchev–Trinajstić information content (AvgIpc) is 3.58. The Kier molecular flexibility index (Phi) is 7.21. The SMILES string of the molecule is CC(=Cc1cn(Cc2ccccc2)c2ccc(C(C)C(=O)NCCc3ccccc3)cc12)c1nn[nH]n1. The Morgan fingerprint density at radius 2 is 1.76 bits per heavy atom. The van der Waals surface area contributed by atoms with Gasteiger partial charge < -0.3 is 9.88 Å². The zero-order valence-corrected chi connectivity index (χ0v) is 21.1. The number of tetrazole rings is 1. The summed E-state index contributed by atoms with van der Waals surface area (Å²) in [5.41, 5.74) is 6.48. The van der Waals surface area contributed by atoms with Gasteiger partial charge in [-0.05, 0) is 66.0 Å². The molecule has 5 aromatic rings. The van der Waals surface area contributed by atoms with Crippen molar-refractivity contribution in [3.05, 3.63) is 113 Å². The van der Waals surface area contributed by atoms with Gasteiger partial charge in [-0.1, -0.05) is 66.7 Å². The van der Waals surface area contributed by atoms with E-state index in [1.165, 1.54) is 11.1 Å². The van der Waals surface area contributed by atoms with Crippen LogP contribution in [0.1, 0.15) is 47.8 Å². The van der Waals surface area contributed by atoms with Gasteiger partial charge >= 0.3 is 0 Å². The second-order valence-corrected chi connectivity index (χ2v) is 9.29. The fourth-order valence-corrected chi connectivity index (χ4v) is 4.54. The molecule has 0 bridgehead atoms. The maximum absolute atomic E-state index is 13.0. The van der Waals surface area contributed by atoms with E-state index in [1.54, 1.807) is 0 Å². The van der Waals surface area contributed by atoms with Crippen LogP contribution in [0.4, 0.5) is 0 Å². The van der Waals surface area contributed by atoms with Crippen LogP contribution < -0.4 is 5.32 Å². The first kappa shape index (κ1) is 24.2. The number of fused-ring (bicyclic) bond motifs is 1. The number of benzene rings is 3. The largest absolute Gasteiger partial charge is 0.355 e. The van der Waals surface area contributed by atoms with E-state index >= 15 is 0 Å². The molecule has 3 aromatic carbocycles. The normalized spacial score (nSPS) is 12.5. The summed E-state index contributed by atoms with van der Waals surface area (Å²) in [7, 11) is 0. The molecule has 2 aromatic heterocycles. The van der Waals surface area contributed by atoms with Crippen LogP contribution in [0.15, 0.2) is 85.1 Å². The number of carbonyl (C=O) groups is 1. The number of allylic oxidation sites excluding steroid dienone is 1. The van der Waals surface area contributed by atoms with Crippen LogP contribution in [0, 0.1) is 0 Å². The summed E-state index contributed by atoms with van der Waals surface area (Å²) in [6, 6.07) is 26.9. The van der Waals surface area contributed by atoms with E-state index in [-0.39, 0.29) is 11.8 Å². The highest BCUT2D eigenvalue weighted by Crippen LogP contribution is 2.29. The van der Waals surface area contributed by atoms with Gasteiger partial charge in [0, 0.05) is 35.8 Å². The van der Waals surface area contributed by atoms with Crippen LogP contribution >= 0.6 is 0 Å². The van der Waals surface area contributed by atoms with Crippen molar-refractivity contribution in [1.29, 1.82) is 0 Å². The zero-order chi connectivity index (χ0) is 25.6. The van der Waals surface area contributed by atoms with Gasteiger partial charge in [0.1, 0.15) is 0 Å². The van der Waals surface area contributed by atoms with E-state index in [9.17, 15) is 4.79 Å². The van der Waals surface area contributed by atoms with Crippen LogP contribution in [0.2, 0.25) is 0 Å². The Morgan fingerprint density at radius 1 is 1.03 bits per heavy atom. The number of aromatic amines is 1. The fourth-order valence-electron chi connectivity index (χ4n) is 4.54. The summed E-state index contributed by atoms with van der Waals surface area (Å²) in [5, 5.41) is 18.6. The molecule has 0 aliphatic carbocycles. The van der Waals surface area contributed by atoms with Crippen LogP contribution in [-0.4, -0.2) is 37.6 Å². The van der Waals surface area contributed by atoms with E-state index < -0.39 is 0 Å². The molecule has 2 heterocycles. The standard InChI is InChI=1S/C30H30N6O/c1-21(29-32-34-35-33-29)17-26-20-36(19-24-11-7-4-8-12-24)28-14-13-25(18-27(26)28)22(2)30(37)31-16-15-23-9-5-3-6-10-23/h3-14,17-18,20,22H,15-16,19H2,1-2H3,(H,31,37)(H,32,33,34,35). The second kappa shape index (κ2) is 11.0. The maximum Gasteiger partial charge on any atom is 0.227 e. The van der Waals surface area contributed by atoms with E-state index in [1.807, 2.05) is 38.1 Å². The van der Waals surface area contributed by atoms with Gasteiger partial charge in [-0.3, -0.25) is 4.79 Å². The molecule has 1 amide bonds. The Balaban J connectivity index is 1.42. The molecule has 186 valence electrons. The molecule has 0 saturated heterocycles. The summed E-state index contributed by atoms with van der Waals surface area (Å²) in [6.07, 6.45) is 5.03. The van der Waals surface area contributed by atoms with Crippen molar-refractivity contribution in [3.63, 3.8) is 0 Å². The topological polar surface area (TPSA) is 88.5 Å². The Labute approximate surface area is 216 Å². The molecule has 1 atom stereocenters. The Morgan fingerprint density at radius 3 is 2.46 bits per heavy atom. The fraction of sp³-hybridized carbons (Fsp3) is 0.200. The third kappa shape index (κ3) is 5.67. The van der Waals surface area contributed by atoms with Gasteiger partial charge in [0.05, 0.1) is 5.92 Å². The van der Waals surface area contributed by atoms with E-state index in [2.05, 4.69) is 97.4 Å². The first-order valence-corrected chi connectivity index (χ1v) is 12.5. The summed E-state index contributed by atoms with van der Waals surface area (Å²) < 4.78 is 2.24. The number of nitrogens with one attached hydrogen (secondary N) is 2. The third-order valence-electron chi connectivity index (χ3n) is 6.65. The lowest BCUT2D eigenvalue weighted by molar-refractivity contribution is -0.122. The van der Waals surface area contributed by atoms with E-state index in [0.717, 1.165) is 40.6 Å². The predicted octanol–water partition coefficient (Wildman–Crippen LogP) is 5.23. The van der Waals surface area contributed by atoms with E-state index in [4.69, 9.17) is 0 Å². The zero-order valence-electron chi connectivity index (χ0n) is 21.1. The molecule has 0 aliphatic rings. The molecule has 2 N–H and O–H groups in total. The number of hydrogen-bond donors (Lipinski definition) is 2. The highest BCUT2D eigenvalue weighted by Gasteiger charge is 2.17. The molecule has 1 unspecified atom stereocenters. The summed E-state index contributed by atoms with van der Waals surface area (Å²) in [6.45, 7) is 5.29. The first-order chi connectivity index (χ1) is 18.1. The molecule has 0 radical (unpaired) electrons. The van der Waals surface area contributed by atoms with Crippen LogP contribution in [0.3, 0.4) is 0 Å². The monoisotopic (exact) mass is 490 g/mol. The smallest absolute Gasteiger partial charge is 0.227 e. The minimum Gasteiger partial charge on any atom is -0.355 e. The van der Waals surface area contributed by atoms with Crippen molar-refractivity contribution in [2.45, 2.75) is 32.7 Å². The molecule has 0 aliphatic heterocycles. The van der Waals surface area contributed by atoms with Crippen molar-refractivity contribution in [1.82, 2.24) is 30.5 Å². The van der Waals surface area contributed by atoms with Crippen LogP contribution in [0.25, 0.3) is 22.6 Å². The van der Waals surface area contributed by atoms with Gasteiger partial charge in [0.25, 0.3) is 0 Å². The van der Waals surface area contributed by atoms with Crippen molar-refractivity contribution < 1.29 is 4.79 Å². The van der Waals surface area contributed by atoms with Crippen LogP contribution in [-0.2, 0) is 17.8 Å². The number of carbonyl (C=O) groups excluding carboxylic acids is 1. The molecular formula is C30H30N6O. The molecular weight excluding hydrogens is 460 g/mol. The number of H-pyrrole nitrogens is 1. The van der Waals surface area contributed by atoms with Gasteiger partial charge in [0.2, 0.25) is 5.91 Å². The minimum atomic E-state index is -0.271. The molecule has 7 heteroatoms. The minimum absolute atomic E-state index is 0.0269. The number of aromatic nitrogens is 5. The lowest BCUT2D eigenvalue weighted by Gasteiger charge is -2.14. The lowest BCUT2D eigenvalue weighted by Crippen LogP contribution is -2.29. The number of nitrogens with zero attached hydrogens (tertiary/aromatic N) is 4. The molecule has 0 spiro atoms. The van der Waals surface area contributed by atoms with Gasteiger partial charge in [-0.2, -0.15) is 5.21 Å². The van der Waals surface area contributed by atoms with Gasteiger partial charge in [-0.25, -0.2) is 0 Å². The highest BCUT2D eigenvalue weighted by atomic mass is 16.1. The molecule has 7 nitrogen and oxygen atoms in total. The number of rotatable bonds is 9. The molecule has 0 fully saturated rings. The Bertz CT molecular complexity index is 1500. The Hall–Kier alpha value is -4.52. The van der Waals surface area contributed by atoms with Gasteiger partial charge in [0.15, 0.2) is 5.82 Å². The average molecular weight is 491 g/mol. The molecule has 5 rings (SSSR count). The maximum atomic E-state index is 13.0. The summed E-state index contributed by atoms with van der Waals surface area (Å²) >= 11 is 0. The van der Waals surface area contributed by atoms with E-state index in [0.29, 0.717) is 12.4 Å². The second-order valence-electron chi connectivity index (χ2n) is 9.29. The number of hydrogen-bond acceptors (Lipinski definition) is 4. The van der Waals surface area contributed by atoms with Crippen molar-refractivity contribution in [2.75, 3.05) is 6.54 Å². The van der Waals surface area contributed by atoms with Crippen molar-refractivity contribution in [2.24, 2.45) is 0 Å².